The van der Waals surface area contributed by atoms with Crippen LogP contribution in [0.3, 0.4) is 0 Å². The Morgan fingerprint density at radius 2 is 2.27 bits per heavy atom. The minimum Gasteiger partial charge on any atom is -0.462 e. The molecule has 0 amide bonds. The number of fused-ring (bicyclic) bond motifs is 1. The van der Waals surface area contributed by atoms with E-state index in [9.17, 15) is 4.79 Å². The van der Waals surface area contributed by atoms with Crippen molar-refractivity contribution in [2.75, 3.05) is 6.61 Å². The summed E-state index contributed by atoms with van der Waals surface area (Å²) in [7, 11) is 0. The largest absolute Gasteiger partial charge is 0.462 e. The van der Waals surface area contributed by atoms with E-state index in [1.165, 1.54) is 0 Å². The van der Waals surface area contributed by atoms with Gasteiger partial charge in [-0.25, -0.2) is 9.78 Å². The summed E-state index contributed by atoms with van der Waals surface area (Å²) in [4.78, 5) is 15.6. The Hall–Kier alpha value is -1.55. The molecule has 0 aromatic carbocycles. The molecule has 0 aliphatic carbocycles. The van der Waals surface area contributed by atoms with E-state index in [2.05, 4.69) is 4.98 Å². The van der Waals surface area contributed by atoms with Gasteiger partial charge in [0.2, 0.25) is 0 Å². The van der Waals surface area contributed by atoms with E-state index in [1.54, 1.807) is 35.9 Å². The maximum absolute atomic E-state index is 11.5. The molecule has 0 spiro atoms. The van der Waals surface area contributed by atoms with Crippen LogP contribution in [-0.2, 0) is 4.74 Å². The van der Waals surface area contributed by atoms with Crippen LogP contribution < -0.4 is 0 Å². The molecule has 0 aliphatic heterocycles. The summed E-state index contributed by atoms with van der Waals surface area (Å²) < 4.78 is 6.62. The summed E-state index contributed by atoms with van der Waals surface area (Å²) in [5.41, 5.74) is 0.945. The fourth-order valence-corrected chi connectivity index (χ4v) is 1.46. The van der Waals surface area contributed by atoms with Crippen LogP contribution in [0.25, 0.3) is 5.65 Å². The Bertz CT molecular complexity index is 507. The Labute approximate surface area is 91.4 Å². The summed E-state index contributed by atoms with van der Waals surface area (Å²) in [6.45, 7) is 2.10. The summed E-state index contributed by atoms with van der Waals surface area (Å²) in [5, 5.41) is 0.353. The fraction of sp³-hybridized carbons (Fsp3) is 0.200. The average Bonchev–Trinajstić information content (AvgIpc) is 2.60. The van der Waals surface area contributed by atoms with E-state index in [4.69, 9.17) is 16.3 Å². The third-order valence-corrected chi connectivity index (χ3v) is 2.18. The van der Waals surface area contributed by atoms with Crippen LogP contribution in [0.4, 0.5) is 0 Å². The highest BCUT2D eigenvalue weighted by atomic mass is 35.5. The molecule has 0 aliphatic rings. The van der Waals surface area contributed by atoms with E-state index in [0.29, 0.717) is 23.0 Å². The molecule has 4 nitrogen and oxygen atoms in total. The van der Waals surface area contributed by atoms with Crippen LogP contribution in [0, 0.1) is 0 Å². The number of hydrogen-bond acceptors (Lipinski definition) is 3. The predicted octanol–water partition coefficient (Wildman–Crippen LogP) is 2.16. The van der Waals surface area contributed by atoms with Crippen molar-refractivity contribution in [2.24, 2.45) is 0 Å². The number of carbonyl (C=O) groups is 1. The van der Waals surface area contributed by atoms with Crippen molar-refractivity contribution in [1.29, 1.82) is 0 Å². The summed E-state index contributed by atoms with van der Waals surface area (Å²) in [6.07, 6.45) is 3.48. The molecule has 15 heavy (non-hydrogen) atoms. The molecule has 0 unspecified atom stereocenters. The molecule has 2 heterocycles. The third-order valence-electron chi connectivity index (χ3n) is 1.97. The lowest BCUT2D eigenvalue weighted by Gasteiger charge is -2.00. The second-order valence-electron chi connectivity index (χ2n) is 2.93. The lowest BCUT2D eigenvalue weighted by Crippen LogP contribution is -2.04. The molecular weight excluding hydrogens is 216 g/mol. The van der Waals surface area contributed by atoms with Gasteiger partial charge in [-0.2, -0.15) is 0 Å². The standard InChI is InChI=1S/C10H9ClN2O2/c1-2-15-10(14)7-3-5-13-6-4-8(11)12-9(7)13/h3-6H,2H2,1H3. The first-order chi connectivity index (χ1) is 7.22. The Morgan fingerprint density at radius 3 is 3.00 bits per heavy atom. The third kappa shape index (κ3) is 1.80. The van der Waals surface area contributed by atoms with Gasteiger partial charge in [-0.15, -0.1) is 0 Å². The maximum Gasteiger partial charge on any atom is 0.341 e. The van der Waals surface area contributed by atoms with Gasteiger partial charge in [0, 0.05) is 12.4 Å². The highest BCUT2D eigenvalue weighted by Crippen LogP contribution is 2.14. The number of aromatic nitrogens is 2. The van der Waals surface area contributed by atoms with Gasteiger partial charge in [-0.3, -0.25) is 0 Å². The van der Waals surface area contributed by atoms with E-state index in [0.717, 1.165) is 0 Å². The van der Waals surface area contributed by atoms with Crippen LogP contribution in [0.1, 0.15) is 17.3 Å². The molecule has 5 heteroatoms. The van der Waals surface area contributed by atoms with Crippen LogP contribution in [0.2, 0.25) is 5.15 Å². The first-order valence-electron chi connectivity index (χ1n) is 4.52. The van der Waals surface area contributed by atoms with E-state index in [1.807, 2.05) is 0 Å². The molecule has 2 aromatic rings. The fourth-order valence-electron chi connectivity index (χ4n) is 1.33. The van der Waals surface area contributed by atoms with Gasteiger partial charge < -0.3 is 9.14 Å². The number of rotatable bonds is 2. The topological polar surface area (TPSA) is 43.6 Å². The first kappa shape index (κ1) is 9.98. The van der Waals surface area contributed by atoms with Crippen LogP contribution in [-0.4, -0.2) is 22.0 Å². The number of carbonyl (C=O) groups excluding carboxylic acids is 1. The molecule has 0 saturated carbocycles. The van der Waals surface area contributed by atoms with Crippen molar-refractivity contribution in [2.45, 2.75) is 6.92 Å². The van der Waals surface area contributed by atoms with Crippen molar-refractivity contribution in [3.05, 3.63) is 35.2 Å². The van der Waals surface area contributed by atoms with Crippen molar-refractivity contribution >= 4 is 23.2 Å². The minimum atomic E-state index is -0.380. The highest BCUT2D eigenvalue weighted by Gasteiger charge is 2.13. The number of ether oxygens (including phenoxy) is 1. The smallest absolute Gasteiger partial charge is 0.341 e. The van der Waals surface area contributed by atoms with Crippen molar-refractivity contribution < 1.29 is 9.53 Å². The van der Waals surface area contributed by atoms with E-state index >= 15 is 0 Å². The molecule has 0 bridgehead atoms. The predicted molar refractivity (Wildman–Crippen MR) is 56.2 cm³/mol. The molecule has 0 fully saturated rings. The average molecular weight is 225 g/mol. The van der Waals surface area contributed by atoms with E-state index in [-0.39, 0.29) is 5.97 Å². The van der Waals surface area contributed by atoms with Gasteiger partial charge in [0.05, 0.1) is 6.61 Å². The van der Waals surface area contributed by atoms with Crippen molar-refractivity contribution in [1.82, 2.24) is 9.38 Å². The van der Waals surface area contributed by atoms with Gasteiger partial charge in [-0.1, -0.05) is 11.6 Å². The van der Waals surface area contributed by atoms with Gasteiger partial charge >= 0.3 is 5.97 Å². The maximum atomic E-state index is 11.5. The lowest BCUT2D eigenvalue weighted by atomic mass is 10.3. The SMILES string of the molecule is CCOC(=O)c1ccn2ccc(Cl)nc12. The first-order valence-corrected chi connectivity index (χ1v) is 4.90. The Morgan fingerprint density at radius 1 is 1.53 bits per heavy atom. The number of nitrogens with zero attached hydrogens (tertiary/aromatic N) is 2. The zero-order chi connectivity index (χ0) is 10.8. The van der Waals surface area contributed by atoms with Crippen molar-refractivity contribution in [3.8, 4) is 0 Å². The van der Waals surface area contributed by atoms with Crippen LogP contribution >= 0.6 is 11.6 Å². The van der Waals surface area contributed by atoms with Gasteiger partial charge in [0.15, 0.2) is 5.65 Å². The summed E-state index contributed by atoms with van der Waals surface area (Å²) >= 11 is 5.75. The quantitative estimate of drug-likeness (QED) is 0.580. The molecule has 0 N–H and O–H groups in total. The van der Waals surface area contributed by atoms with Gasteiger partial charge in [0.1, 0.15) is 10.7 Å². The number of halogens is 1. The normalized spacial score (nSPS) is 10.5. The summed E-state index contributed by atoms with van der Waals surface area (Å²) in [5.74, 6) is -0.380. The minimum absolute atomic E-state index is 0.344. The Balaban J connectivity index is 2.52. The molecule has 0 radical (unpaired) electrons. The molecule has 0 atom stereocenters. The molecule has 2 aromatic heterocycles. The second kappa shape index (κ2) is 3.90. The van der Waals surface area contributed by atoms with E-state index < -0.39 is 0 Å². The zero-order valence-corrected chi connectivity index (χ0v) is 8.86. The van der Waals surface area contributed by atoms with Gasteiger partial charge in [0.25, 0.3) is 0 Å². The second-order valence-corrected chi connectivity index (χ2v) is 3.32. The van der Waals surface area contributed by atoms with Gasteiger partial charge in [-0.05, 0) is 19.1 Å². The molecular formula is C10H9ClN2O2. The lowest BCUT2D eigenvalue weighted by molar-refractivity contribution is 0.0528. The molecule has 78 valence electrons. The molecule has 2 rings (SSSR count). The van der Waals surface area contributed by atoms with Crippen molar-refractivity contribution in [3.63, 3.8) is 0 Å². The Kier molecular flexibility index (Phi) is 2.60. The van der Waals surface area contributed by atoms with Crippen LogP contribution in [0.15, 0.2) is 24.5 Å². The highest BCUT2D eigenvalue weighted by molar-refractivity contribution is 6.29. The zero-order valence-electron chi connectivity index (χ0n) is 8.11. The monoisotopic (exact) mass is 224 g/mol. The number of esters is 1. The molecule has 0 saturated heterocycles. The van der Waals surface area contributed by atoms with Crippen LogP contribution in [0.5, 0.6) is 0 Å². The number of hydrogen-bond donors (Lipinski definition) is 0. The summed E-state index contributed by atoms with van der Waals surface area (Å²) in [6, 6.07) is 3.32.